The van der Waals surface area contributed by atoms with Crippen LogP contribution in [0.5, 0.6) is 0 Å². The van der Waals surface area contributed by atoms with Crippen molar-refractivity contribution in [3.8, 4) is 0 Å². The highest BCUT2D eigenvalue weighted by Gasteiger charge is 2.21. The number of aryl methyl sites for hydroxylation is 1. The standard InChI is InChI=1S/C21H24FN3O3S/c1-5-21(3,4)23-18(26)12-28-20(27)17-10-16-13(2)24-25(19(16)29-17)11-14-6-8-15(22)9-7-14/h6-10H,5,11-12H2,1-4H3,(H,23,26). The van der Waals surface area contributed by atoms with Crippen LogP contribution in [0.2, 0.25) is 0 Å². The molecule has 2 aromatic heterocycles. The topological polar surface area (TPSA) is 73.2 Å². The molecule has 3 aromatic rings. The van der Waals surface area contributed by atoms with Crippen molar-refractivity contribution in [2.75, 3.05) is 6.61 Å². The molecule has 0 atom stereocenters. The van der Waals surface area contributed by atoms with Gasteiger partial charge in [-0.3, -0.25) is 9.48 Å². The zero-order chi connectivity index (χ0) is 21.2. The molecule has 0 unspecified atom stereocenters. The number of thiophene rings is 1. The molecule has 29 heavy (non-hydrogen) atoms. The number of rotatable bonds is 7. The average Bonchev–Trinajstić information content (AvgIpc) is 3.23. The first-order valence-corrected chi connectivity index (χ1v) is 10.2. The van der Waals surface area contributed by atoms with Gasteiger partial charge < -0.3 is 10.1 Å². The number of halogens is 1. The minimum absolute atomic E-state index is 0.289. The molecule has 1 N–H and O–H groups in total. The number of hydrogen-bond acceptors (Lipinski definition) is 5. The van der Waals surface area contributed by atoms with Crippen LogP contribution in [0.15, 0.2) is 30.3 Å². The zero-order valence-electron chi connectivity index (χ0n) is 16.9. The maximum Gasteiger partial charge on any atom is 0.348 e. The molecule has 0 saturated heterocycles. The van der Waals surface area contributed by atoms with Crippen LogP contribution in [0.3, 0.4) is 0 Å². The SMILES string of the molecule is CCC(C)(C)NC(=O)COC(=O)c1cc2c(C)nn(Cc3ccc(F)cc3)c2s1. The van der Waals surface area contributed by atoms with E-state index in [4.69, 9.17) is 4.74 Å². The molecule has 0 aliphatic carbocycles. The largest absolute Gasteiger partial charge is 0.451 e. The van der Waals surface area contributed by atoms with Gasteiger partial charge in [-0.15, -0.1) is 11.3 Å². The fourth-order valence-electron chi connectivity index (χ4n) is 2.79. The minimum Gasteiger partial charge on any atom is -0.451 e. The van der Waals surface area contributed by atoms with Crippen molar-refractivity contribution in [2.24, 2.45) is 0 Å². The first-order chi connectivity index (χ1) is 13.7. The summed E-state index contributed by atoms with van der Waals surface area (Å²) in [6.07, 6.45) is 0.771. The van der Waals surface area contributed by atoms with Crippen LogP contribution in [0.4, 0.5) is 4.39 Å². The van der Waals surface area contributed by atoms with E-state index in [1.165, 1.54) is 23.5 Å². The van der Waals surface area contributed by atoms with Crippen LogP contribution in [-0.2, 0) is 16.1 Å². The highest BCUT2D eigenvalue weighted by molar-refractivity contribution is 7.20. The van der Waals surface area contributed by atoms with Crippen molar-refractivity contribution >= 4 is 33.4 Å². The summed E-state index contributed by atoms with van der Waals surface area (Å²) in [6.45, 7) is 7.81. The Kier molecular flexibility index (Phi) is 6.02. The second-order valence-corrected chi connectivity index (χ2v) is 8.59. The van der Waals surface area contributed by atoms with Crippen molar-refractivity contribution in [3.63, 3.8) is 0 Å². The van der Waals surface area contributed by atoms with Crippen LogP contribution in [0, 0.1) is 12.7 Å². The smallest absolute Gasteiger partial charge is 0.348 e. The summed E-state index contributed by atoms with van der Waals surface area (Å²) in [5, 5.41) is 8.20. The third-order valence-electron chi connectivity index (χ3n) is 4.75. The van der Waals surface area contributed by atoms with Gasteiger partial charge in [-0.25, -0.2) is 9.18 Å². The van der Waals surface area contributed by atoms with Gasteiger partial charge in [0, 0.05) is 10.9 Å². The Hall–Kier alpha value is -2.74. The molecule has 1 amide bonds. The van der Waals surface area contributed by atoms with Crippen molar-refractivity contribution < 1.29 is 18.7 Å². The molecule has 0 saturated carbocycles. The molecule has 154 valence electrons. The van der Waals surface area contributed by atoms with E-state index in [1.807, 2.05) is 27.7 Å². The lowest BCUT2D eigenvalue weighted by atomic mass is 10.0. The van der Waals surface area contributed by atoms with Crippen molar-refractivity contribution in [2.45, 2.75) is 46.2 Å². The van der Waals surface area contributed by atoms with E-state index < -0.39 is 5.97 Å². The lowest BCUT2D eigenvalue weighted by molar-refractivity contribution is -0.125. The number of fused-ring (bicyclic) bond motifs is 1. The van der Waals surface area contributed by atoms with Crippen molar-refractivity contribution in [1.29, 1.82) is 0 Å². The monoisotopic (exact) mass is 417 g/mol. The Balaban J connectivity index is 1.71. The molecule has 3 rings (SSSR count). The summed E-state index contributed by atoms with van der Waals surface area (Å²) in [5.74, 6) is -1.16. The van der Waals surface area contributed by atoms with E-state index in [-0.39, 0.29) is 23.9 Å². The minimum atomic E-state index is -0.539. The van der Waals surface area contributed by atoms with Gasteiger partial charge in [0.05, 0.1) is 12.2 Å². The second-order valence-electron chi connectivity index (χ2n) is 7.56. The van der Waals surface area contributed by atoms with Gasteiger partial charge in [-0.1, -0.05) is 19.1 Å². The van der Waals surface area contributed by atoms with Gasteiger partial charge in [-0.2, -0.15) is 5.10 Å². The first kappa shape index (κ1) is 21.0. The third kappa shape index (κ3) is 5.00. The average molecular weight is 418 g/mol. The summed E-state index contributed by atoms with van der Waals surface area (Å²) in [4.78, 5) is 25.6. The molecule has 0 aliphatic heterocycles. The predicted octanol–water partition coefficient (Wildman–Crippen LogP) is 4.06. The van der Waals surface area contributed by atoms with Gasteiger partial charge in [0.15, 0.2) is 6.61 Å². The number of nitrogens with zero attached hydrogens (tertiary/aromatic N) is 2. The summed E-state index contributed by atoms with van der Waals surface area (Å²) in [5.41, 5.74) is 1.35. The van der Waals surface area contributed by atoms with E-state index in [0.717, 1.165) is 27.9 Å². The molecular weight excluding hydrogens is 393 g/mol. The number of aromatic nitrogens is 2. The van der Waals surface area contributed by atoms with Gasteiger partial charge in [0.1, 0.15) is 15.5 Å². The number of nitrogens with one attached hydrogen (secondary N) is 1. The van der Waals surface area contributed by atoms with E-state index in [0.29, 0.717) is 11.4 Å². The summed E-state index contributed by atoms with van der Waals surface area (Å²) in [7, 11) is 0. The van der Waals surface area contributed by atoms with Crippen LogP contribution < -0.4 is 5.32 Å². The fourth-order valence-corrected chi connectivity index (χ4v) is 3.84. The van der Waals surface area contributed by atoms with E-state index >= 15 is 0 Å². The van der Waals surface area contributed by atoms with E-state index in [2.05, 4.69) is 10.4 Å². The summed E-state index contributed by atoms with van der Waals surface area (Å²) in [6, 6.07) is 7.96. The van der Waals surface area contributed by atoms with Crippen molar-refractivity contribution in [1.82, 2.24) is 15.1 Å². The lowest BCUT2D eigenvalue weighted by Crippen LogP contribution is -2.44. The molecule has 8 heteroatoms. The van der Waals surface area contributed by atoms with Gasteiger partial charge in [0.2, 0.25) is 0 Å². The predicted molar refractivity (Wildman–Crippen MR) is 111 cm³/mol. The highest BCUT2D eigenvalue weighted by atomic mass is 32.1. The number of carbonyl (C=O) groups excluding carboxylic acids is 2. The zero-order valence-corrected chi connectivity index (χ0v) is 17.7. The van der Waals surface area contributed by atoms with Gasteiger partial charge in [-0.05, 0) is 51.0 Å². The normalized spacial score (nSPS) is 11.6. The number of amides is 1. The molecule has 0 aliphatic rings. The van der Waals surface area contributed by atoms with E-state index in [1.54, 1.807) is 22.9 Å². The number of carbonyl (C=O) groups is 2. The maximum absolute atomic E-state index is 13.1. The van der Waals surface area contributed by atoms with Crippen LogP contribution in [-0.4, -0.2) is 33.8 Å². The van der Waals surface area contributed by atoms with Crippen LogP contribution >= 0.6 is 11.3 Å². The Morgan fingerprint density at radius 3 is 2.62 bits per heavy atom. The number of esters is 1. The molecule has 0 radical (unpaired) electrons. The van der Waals surface area contributed by atoms with Crippen molar-refractivity contribution in [3.05, 3.63) is 52.3 Å². The van der Waals surface area contributed by atoms with Gasteiger partial charge in [0.25, 0.3) is 5.91 Å². The number of ether oxygens (including phenoxy) is 1. The Morgan fingerprint density at radius 1 is 1.28 bits per heavy atom. The first-order valence-electron chi connectivity index (χ1n) is 9.38. The third-order valence-corrected chi connectivity index (χ3v) is 5.88. The highest BCUT2D eigenvalue weighted by Crippen LogP contribution is 2.29. The van der Waals surface area contributed by atoms with Crippen LogP contribution in [0.1, 0.15) is 48.1 Å². The number of hydrogen-bond donors (Lipinski definition) is 1. The fraction of sp³-hybridized carbons (Fsp3) is 0.381. The Morgan fingerprint density at radius 2 is 1.97 bits per heavy atom. The van der Waals surface area contributed by atoms with Gasteiger partial charge >= 0.3 is 5.97 Å². The van der Waals surface area contributed by atoms with E-state index in [9.17, 15) is 14.0 Å². The summed E-state index contributed by atoms with van der Waals surface area (Å²) >= 11 is 1.26. The Labute approximate surface area is 172 Å². The molecule has 2 heterocycles. The molecule has 0 bridgehead atoms. The molecule has 1 aromatic carbocycles. The molecular formula is C21H24FN3O3S. The Bertz CT molecular complexity index is 1040. The lowest BCUT2D eigenvalue weighted by Gasteiger charge is -2.24. The number of benzene rings is 1. The second kappa shape index (κ2) is 8.32. The molecule has 0 fully saturated rings. The maximum atomic E-state index is 13.1. The molecule has 6 nitrogen and oxygen atoms in total. The van der Waals surface area contributed by atoms with Crippen LogP contribution in [0.25, 0.3) is 10.2 Å². The molecule has 0 spiro atoms. The quantitative estimate of drug-likeness (QED) is 0.589. The summed E-state index contributed by atoms with van der Waals surface area (Å²) < 4.78 is 20.1.